The van der Waals surface area contributed by atoms with E-state index in [1.54, 1.807) is 6.07 Å². The van der Waals surface area contributed by atoms with Crippen molar-refractivity contribution in [2.24, 2.45) is 0 Å². The van der Waals surface area contributed by atoms with Crippen LogP contribution in [0.2, 0.25) is 0 Å². The zero-order chi connectivity index (χ0) is 13.8. The molecule has 2 N–H and O–H groups in total. The van der Waals surface area contributed by atoms with E-state index in [0.717, 1.165) is 5.82 Å². The maximum Gasteiger partial charge on any atom is 0.413 e. The number of nitrogens with one attached hydrogen (secondary N) is 2. The molecular weight excluding hydrogens is 250 g/mol. The van der Waals surface area contributed by atoms with Gasteiger partial charge in [0.15, 0.2) is 5.82 Å². The number of anilines is 2. The minimum absolute atomic E-state index is 0.0402. The van der Waals surface area contributed by atoms with Crippen LogP contribution in [0.25, 0.3) is 0 Å². The second-order valence-corrected chi connectivity index (χ2v) is 6.79. The molecule has 0 aliphatic rings. The van der Waals surface area contributed by atoms with Gasteiger partial charge in [0.05, 0.1) is 11.1 Å². The first-order valence-electron chi connectivity index (χ1n) is 5.57. The largest absolute Gasteiger partial charge is 0.444 e. The Hall–Kier alpha value is -1.43. The van der Waals surface area contributed by atoms with Crippen LogP contribution in [0.15, 0.2) is 18.2 Å². The van der Waals surface area contributed by atoms with E-state index in [4.69, 9.17) is 4.74 Å². The minimum atomic E-state index is -0.515. The Kier molecular flexibility index (Phi) is 4.84. The third-order valence-electron chi connectivity index (χ3n) is 1.69. The second-order valence-electron chi connectivity index (χ2n) is 4.95. The molecule has 0 atom stereocenters. The summed E-state index contributed by atoms with van der Waals surface area (Å²) in [4.78, 5) is 15.8. The fraction of sp³-hybridized carbons (Fsp3) is 0.500. The summed E-state index contributed by atoms with van der Waals surface area (Å²) >= 11 is 0.0402. The lowest BCUT2D eigenvalue weighted by molar-refractivity contribution is 0.0635. The van der Waals surface area contributed by atoms with Crippen molar-refractivity contribution in [3.63, 3.8) is 0 Å². The summed E-state index contributed by atoms with van der Waals surface area (Å²) in [7, 11) is 0. The van der Waals surface area contributed by atoms with E-state index in [2.05, 4.69) is 27.5 Å². The van der Waals surface area contributed by atoms with Crippen molar-refractivity contribution in [1.82, 2.24) is 4.98 Å². The molecular formula is C12H20N3O2S+. The Labute approximate surface area is 111 Å². The molecule has 0 aliphatic carbocycles. The third kappa shape index (κ3) is 5.77. The molecule has 0 aliphatic heterocycles. The average Bonchev–Trinajstić information content (AvgIpc) is 2.13. The normalized spacial score (nSPS) is 11.2. The molecule has 1 aromatic heterocycles. The first-order valence-corrected chi connectivity index (χ1v) is 7.62. The number of aromatic nitrogens is 1. The van der Waals surface area contributed by atoms with Crippen molar-refractivity contribution in [1.29, 1.82) is 0 Å². The lowest BCUT2D eigenvalue weighted by Gasteiger charge is -2.19. The van der Waals surface area contributed by atoms with Gasteiger partial charge in [-0.15, -0.1) is 0 Å². The zero-order valence-electron chi connectivity index (χ0n) is 11.4. The molecule has 6 heteroatoms. The third-order valence-corrected chi connectivity index (χ3v) is 2.30. The predicted molar refractivity (Wildman–Crippen MR) is 76.9 cm³/mol. The molecule has 0 saturated heterocycles. The maximum atomic E-state index is 11.6. The predicted octanol–water partition coefficient (Wildman–Crippen LogP) is 2.63. The molecule has 0 spiro atoms. The van der Waals surface area contributed by atoms with E-state index in [1.165, 1.54) is 0 Å². The van der Waals surface area contributed by atoms with Crippen molar-refractivity contribution >= 4 is 28.8 Å². The molecule has 1 rings (SSSR count). The van der Waals surface area contributed by atoms with Crippen LogP contribution >= 0.6 is 0 Å². The molecule has 1 aromatic rings. The number of rotatable bonds is 3. The highest BCUT2D eigenvalue weighted by molar-refractivity contribution is 7.96. The van der Waals surface area contributed by atoms with Crippen molar-refractivity contribution in [3.8, 4) is 0 Å². The lowest BCUT2D eigenvalue weighted by Crippen LogP contribution is -2.27. The Morgan fingerprint density at radius 2 is 1.89 bits per heavy atom. The lowest BCUT2D eigenvalue weighted by atomic mass is 10.2. The highest BCUT2D eigenvalue weighted by Gasteiger charge is 2.16. The molecule has 18 heavy (non-hydrogen) atoms. The van der Waals surface area contributed by atoms with Gasteiger partial charge in [0.1, 0.15) is 23.9 Å². The van der Waals surface area contributed by atoms with E-state index in [9.17, 15) is 4.79 Å². The van der Waals surface area contributed by atoms with E-state index < -0.39 is 11.7 Å². The van der Waals surface area contributed by atoms with Gasteiger partial charge >= 0.3 is 6.09 Å². The summed E-state index contributed by atoms with van der Waals surface area (Å²) in [6.45, 7) is 5.45. The van der Waals surface area contributed by atoms with Gasteiger partial charge in [-0.05, 0) is 32.9 Å². The summed E-state index contributed by atoms with van der Waals surface area (Å²) in [6, 6.07) is 5.40. The molecule has 5 nitrogen and oxygen atoms in total. The SMILES string of the molecule is C[S+](C)Nc1cccc(NC(=O)OC(C)(C)C)n1. The molecule has 0 saturated carbocycles. The van der Waals surface area contributed by atoms with Crippen LogP contribution in [0.1, 0.15) is 20.8 Å². The quantitative estimate of drug-likeness (QED) is 0.829. The summed E-state index contributed by atoms with van der Waals surface area (Å²) in [5.41, 5.74) is -0.515. The average molecular weight is 270 g/mol. The standard InChI is InChI=1S/C12H19N3O2S/c1-12(2,3)17-11(16)14-9-7-6-8-10(13-9)15-18(4)5/h6-8H,1-5H3,(H-,13,14,15,16)/p+1. The van der Waals surface area contributed by atoms with Crippen LogP contribution in [0.4, 0.5) is 16.4 Å². The highest BCUT2D eigenvalue weighted by atomic mass is 32.2. The van der Waals surface area contributed by atoms with Gasteiger partial charge in [0, 0.05) is 0 Å². The number of carbonyl (C=O) groups is 1. The molecule has 0 fully saturated rings. The first kappa shape index (κ1) is 14.6. The number of nitrogens with zero attached hydrogens (tertiary/aromatic N) is 1. The van der Waals surface area contributed by atoms with E-state index in [0.29, 0.717) is 5.82 Å². The van der Waals surface area contributed by atoms with Gasteiger partial charge in [0.25, 0.3) is 0 Å². The number of hydrogen-bond acceptors (Lipinski definition) is 4. The van der Waals surface area contributed by atoms with Crippen molar-refractivity contribution in [2.45, 2.75) is 26.4 Å². The van der Waals surface area contributed by atoms with Crippen molar-refractivity contribution in [2.75, 3.05) is 22.6 Å². The van der Waals surface area contributed by atoms with E-state index >= 15 is 0 Å². The maximum absolute atomic E-state index is 11.6. The number of pyridine rings is 1. The van der Waals surface area contributed by atoms with Crippen LogP contribution in [0.5, 0.6) is 0 Å². The summed E-state index contributed by atoms with van der Waals surface area (Å²) in [5, 5.41) is 2.60. The topological polar surface area (TPSA) is 63.2 Å². The first-order chi connectivity index (χ1) is 8.26. The number of carbonyl (C=O) groups excluding carboxylic acids is 1. The number of hydrogen-bond donors (Lipinski definition) is 2. The van der Waals surface area contributed by atoms with E-state index in [1.807, 2.05) is 32.9 Å². The molecule has 0 radical (unpaired) electrons. The van der Waals surface area contributed by atoms with Crippen LogP contribution in [-0.4, -0.2) is 29.2 Å². The molecule has 0 unspecified atom stereocenters. The number of amides is 1. The van der Waals surface area contributed by atoms with Gasteiger partial charge in [-0.3, -0.25) is 5.32 Å². The van der Waals surface area contributed by atoms with Crippen LogP contribution < -0.4 is 10.0 Å². The zero-order valence-corrected chi connectivity index (χ0v) is 12.2. The van der Waals surface area contributed by atoms with Crippen LogP contribution in [-0.2, 0) is 15.8 Å². The molecule has 0 aromatic carbocycles. The molecule has 1 heterocycles. The Bertz CT molecular complexity index is 416. The van der Waals surface area contributed by atoms with Gasteiger partial charge < -0.3 is 4.74 Å². The fourth-order valence-electron chi connectivity index (χ4n) is 1.18. The smallest absolute Gasteiger partial charge is 0.413 e. The van der Waals surface area contributed by atoms with Gasteiger partial charge in [0.2, 0.25) is 0 Å². The molecule has 0 bridgehead atoms. The Balaban J connectivity index is 2.65. The van der Waals surface area contributed by atoms with Crippen LogP contribution in [0, 0.1) is 0 Å². The summed E-state index contributed by atoms with van der Waals surface area (Å²) in [5.74, 6) is 1.21. The van der Waals surface area contributed by atoms with Crippen molar-refractivity contribution in [3.05, 3.63) is 18.2 Å². The van der Waals surface area contributed by atoms with Gasteiger partial charge in [-0.25, -0.2) is 9.78 Å². The second kappa shape index (κ2) is 5.95. The number of ether oxygens (including phenoxy) is 1. The summed E-state index contributed by atoms with van der Waals surface area (Å²) in [6.07, 6.45) is 3.60. The van der Waals surface area contributed by atoms with Gasteiger partial charge in [-0.1, -0.05) is 6.07 Å². The monoisotopic (exact) mass is 270 g/mol. The minimum Gasteiger partial charge on any atom is -0.444 e. The van der Waals surface area contributed by atoms with E-state index in [-0.39, 0.29) is 11.1 Å². The molecule has 100 valence electrons. The van der Waals surface area contributed by atoms with Crippen LogP contribution in [0.3, 0.4) is 0 Å². The van der Waals surface area contributed by atoms with Crippen molar-refractivity contribution < 1.29 is 9.53 Å². The molecule has 1 amide bonds. The fourth-order valence-corrected chi connectivity index (χ4v) is 1.71. The van der Waals surface area contributed by atoms with Gasteiger partial charge in [-0.2, -0.15) is 4.72 Å². The highest BCUT2D eigenvalue weighted by Crippen LogP contribution is 2.13. The Morgan fingerprint density at radius 1 is 1.28 bits per heavy atom. The summed E-state index contributed by atoms with van der Waals surface area (Å²) < 4.78 is 8.35. The Morgan fingerprint density at radius 3 is 2.44 bits per heavy atom.